The number of hydrogen-bond acceptors (Lipinski definition) is 3. The molecule has 5 nitrogen and oxygen atoms in total. The minimum absolute atomic E-state index is 0.159. The van der Waals surface area contributed by atoms with Crippen LogP contribution in [0.25, 0.3) is 16.0 Å². The molecular weight excluding hydrogens is 319 g/mol. The minimum Gasteiger partial charge on any atom is -0.398 e. The van der Waals surface area contributed by atoms with Crippen molar-refractivity contribution in [1.29, 1.82) is 0 Å². The molecule has 0 aliphatic carbocycles. The van der Waals surface area contributed by atoms with E-state index in [1.807, 2.05) is 27.7 Å². The summed E-state index contributed by atoms with van der Waals surface area (Å²) >= 11 is 6.14. The Morgan fingerprint density at radius 2 is 1.83 bits per heavy atom. The molecule has 1 fully saturated rings. The van der Waals surface area contributed by atoms with E-state index < -0.39 is 24.0 Å². The second-order valence-corrected chi connectivity index (χ2v) is 6.69. The van der Waals surface area contributed by atoms with Crippen LogP contribution in [-0.4, -0.2) is 24.9 Å². The van der Waals surface area contributed by atoms with Gasteiger partial charge in [0, 0.05) is 9.93 Å². The first-order valence-electron chi connectivity index (χ1n) is 7.19. The summed E-state index contributed by atoms with van der Waals surface area (Å²) in [5.74, 6) is 0. The average Bonchev–Trinajstić information content (AvgIpc) is 2.69. The molecule has 0 aromatic heterocycles. The van der Waals surface area contributed by atoms with Crippen LogP contribution in [0.15, 0.2) is 35.1 Å². The Hall–Kier alpha value is -1.53. The maximum absolute atomic E-state index is 15.0. The monoisotopic (exact) mass is 337 g/mol. The van der Waals surface area contributed by atoms with Crippen molar-refractivity contribution in [2.24, 2.45) is 5.11 Å². The normalized spacial score (nSPS) is 20.0. The van der Waals surface area contributed by atoms with Crippen LogP contribution in [0.2, 0.25) is 5.02 Å². The summed E-state index contributed by atoms with van der Waals surface area (Å²) in [6.07, 6.45) is 0. The van der Waals surface area contributed by atoms with Gasteiger partial charge < -0.3 is 9.31 Å². The van der Waals surface area contributed by atoms with Crippen LogP contribution in [0, 0.1) is 0 Å². The largest absolute Gasteiger partial charge is 0.525 e. The number of hydrogen-bond donors (Lipinski definition) is 0. The van der Waals surface area contributed by atoms with E-state index in [0.717, 1.165) is 0 Å². The fraction of sp³-hybridized carbons (Fsp3) is 0.467. The molecule has 1 aliphatic heterocycles. The van der Waals surface area contributed by atoms with Crippen LogP contribution in [-0.2, 0) is 9.31 Å². The Morgan fingerprint density at radius 1 is 1.26 bits per heavy atom. The highest BCUT2D eigenvalue weighted by atomic mass is 35.5. The second-order valence-electron chi connectivity index (χ2n) is 6.28. The van der Waals surface area contributed by atoms with Gasteiger partial charge in [0.05, 0.1) is 17.7 Å². The Morgan fingerprint density at radius 3 is 2.35 bits per heavy atom. The summed E-state index contributed by atoms with van der Waals surface area (Å²) < 4.78 is 26.5. The molecule has 1 saturated heterocycles. The molecule has 2 rings (SSSR count). The molecule has 0 atom stereocenters. The molecule has 23 heavy (non-hydrogen) atoms. The molecule has 122 valence electrons. The van der Waals surface area contributed by atoms with Gasteiger partial charge in [-0.05, 0) is 50.4 Å². The predicted octanol–water partition coefficient (Wildman–Crippen LogP) is 4.96. The summed E-state index contributed by atoms with van der Waals surface area (Å²) in [6, 6.07) is 6.78. The van der Waals surface area contributed by atoms with E-state index in [1.54, 1.807) is 24.3 Å². The molecule has 0 amide bonds. The molecule has 0 N–H and O–H groups in total. The quantitative estimate of drug-likeness (QED) is 0.337. The van der Waals surface area contributed by atoms with E-state index in [1.165, 1.54) is 0 Å². The fourth-order valence-electron chi connectivity index (χ4n) is 2.19. The zero-order valence-electron chi connectivity index (χ0n) is 13.5. The lowest BCUT2D eigenvalue weighted by Gasteiger charge is -2.32. The zero-order valence-corrected chi connectivity index (χ0v) is 14.3. The summed E-state index contributed by atoms with van der Waals surface area (Å²) in [6.45, 7) is 7.16. The smallest absolute Gasteiger partial charge is 0.398 e. The first kappa shape index (κ1) is 17.8. The van der Waals surface area contributed by atoms with Gasteiger partial charge in [0.25, 0.3) is 0 Å². The van der Waals surface area contributed by atoms with Crippen molar-refractivity contribution in [3.05, 3.63) is 51.0 Å². The lowest BCUT2D eigenvalue weighted by molar-refractivity contribution is 0.00578. The van der Waals surface area contributed by atoms with E-state index in [9.17, 15) is 0 Å². The molecule has 1 aliphatic rings. The van der Waals surface area contributed by atoms with Crippen molar-refractivity contribution in [3.63, 3.8) is 0 Å². The van der Waals surface area contributed by atoms with Crippen molar-refractivity contribution < 1.29 is 13.7 Å². The topological polar surface area (TPSA) is 67.2 Å². The minimum atomic E-state index is -1.17. The van der Waals surface area contributed by atoms with Crippen molar-refractivity contribution in [2.75, 3.05) is 6.54 Å². The van der Waals surface area contributed by atoms with Crippen LogP contribution >= 0.6 is 11.6 Å². The third kappa shape index (κ3) is 3.53. The predicted molar refractivity (Wildman–Crippen MR) is 89.6 cm³/mol. The van der Waals surface area contributed by atoms with Gasteiger partial charge in [-0.2, -0.15) is 0 Å². The van der Waals surface area contributed by atoms with E-state index in [-0.39, 0.29) is 12.1 Å². The van der Waals surface area contributed by atoms with Gasteiger partial charge in [0.1, 0.15) is 5.73 Å². The summed E-state index contributed by atoms with van der Waals surface area (Å²) in [5, 5.41) is 3.83. The van der Waals surface area contributed by atoms with E-state index >= 15 is 4.39 Å². The van der Waals surface area contributed by atoms with Crippen LogP contribution < -0.4 is 0 Å². The third-order valence-electron chi connectivity index (χ3n) is 4.24. The van der Waals surface area contributed by atoms with Crippen molar-refractivity contribution >= 4 is 24.3 Å². The Bertz CT molecular complexity index is 671. The number of nitrogens with zero attached hydrogens (tertiary/aromatic N) is 3. The SMILES string of the molecule is CC1(C)OB(C(F)=C(CN=[N+]=[N-])c2ccccc2Cl)OC1(C)C. The van der Waals surface area contributed by atoms with Crippen LogP contribution in [0.3, 0.4) is 0 Å². The van der Waals surface area contributed by atoms with Crippen LogP contribution in [0.1, 0.15) is 33.3 Å². The standard InChI is InChI=1S/C15H18BClFN3O2/c1-14(2)15(3,4)23-16(22-14)13(18)11(9-20-21-19)10-7-5-6-8-12(10)17/h5-8H,9H2,1-4H3. The number of azide groups is 1. The number of benzene rings is 1. The highest BCUT2D eigenvalue weighted by Gasteiger charge is 2.53. The molecule has 1 aromatic carbocycles. The third-order valence-corrected chi connectivity index (χ3v) is 4.57. The van der Waals surface area contributed by atoms with Gasteiger partial charge in [-0.25, -0.2) is 4.39 Å². The van der Waals surface area contributed by atoms with Gasteiger partial charge in [-0.3, -0.25) is 0 Å². The molecule has 8 heteroatoms. The Kier molecular flexibility index (Phi) is 5.06. The second kappa shape index (κ2) is 6.53. The summed E-state index contributed by atoms with van der Waals surface area (Å²) in [4.78, 5) is 2.70. The molecule has 0 radical (unpaired) electrons. The number of halogens is 2. The van der Waals surface area contributed by atoms with Crippen molar-refractivity contribution in [3.8, 4) is 0 Å². The van der Waals surface area contributed by atoms with Gasteiger partial charge in [0.2, 0.25) is 0 Å². The maximum Gasteiger partial charge on any atom is 0.525 e. The van der Waals surface area contributed by atoms with E-state index in [4.69, 9.17) is 26.4 Å². The highest BCUT2D eigenvalue weighted by Crippen LogP contribution is 2.40. The highest BCUT2D eigenvalue weighted by molar-refractivity contribution is 6.55. The summed E-state index contributed by atoms with van der Waals surface area (Å²) in [5.41, 5.74) is 7.20. The Balaban J connectivity index is 2.48. The number of rotatable bonds is 4. The van der Waals surface area contributed by atoms with E-state index in [0.29, 0.717) is 10.6 Å². The molecule has 1 aromatic rings. The van der Waals surface area contributed by atoms with Gasteiger partial charge in [0.15, 0.2) is 0 Å². The first-order valence-corrected chi connectivity index (χ1v) is 7.57. The average molecular weight is 338 g/mol. The van der Waals surface area contributed by atoms with Gasteiger partial charge >= 0.3 is 7.12 Å². The molecule has 0 spiro atoms. The van der Waals surface area contributed by atoms with Crippen LogP contribution in [0.5, 0.6) is 0 Å². The molecule has 0 saturated carbocycles. The Labute approximate surface area is 140 Å². The van der Waals surface area contributed by atoms with Gasteiger partial charge in [-0.15, -0.1) is 0 Å². The molecular formula is C15H18BClFN3O2. The van der Waals surface area contributed by atoms with Crippen molar-refractivity contribution in [1.82, 2.24) is 0 Å². The zero-order chi connectivity index (χ0) is 17.3. The van der Waals surface area contributed by atoms with Crippen LogP contribution in [0.4, 0.5) is 4.39 Å². The molecule has 1 heterocycles. The lowest BCUT2D eigenvalue weighted by Crippen LogP contribution is -2.41. The van der Waals surface area contributed by atoms with Crippen molar-refractivity contribution in [2.45, 2.75) is 38.9 Å². The molecule has 0 bridgehead atoms. The fourth-order valence-corrected chi connectivity index (χ4v) is 2.44. The van der Waals surface area contributed by atoms with Gasteiger partial charge in [-0.1, -0.05) is 34.9 Å². The lowest BCUT2D eigenvalue weighted by atomic mass is 9.82. The van der Waals surface area contributed by atoms with E-state index in [2.05, 4.69) is 10.0 Å². The molecule has 0 unspecified atom stereocenters. The summed E-state index contributed by atoms with van der Waals surface area (Å²) in [7, 11) is -1.17. The first-order chi connectivity index (χ1) is 10.7. The maximum atomic E-state index is 15.0.